The summed E-state index contributed by atoms with van der Waals surface area (Å²) >= 11 is 0. The zero-order chi connectivity index (χ0) is 59.6. The number of pyridine rings is 1. The Morgan fingerprint density at radius 2 is 0.618 bits per heavy atom. The van der Waals surface area contributed by atoms with Gasteiger partial charge in [-0.1, -0.05) is 90.0 Å². The molecule has 1 saturated carbocycles. The highest BCUT2D eigenvalue weighted by molar-refractivity contribution is 7.48. The average molecular weight is 1250 g/mol. The Hall–Kier alpha value is -1.71. The number of phosphoric ester groups is 6. The van der Waals surface area contributed by atoms with Crippen LogP contribution in [0.5, 0.6) is 0 Å². The lowest BCUT2D eigenvalue weighted by atomic mass is 9.85. The first-order valence-corrected chi connectivity index (χ1v) is 32.6. The van der Waals surface area contributed by atoms with Crippen molar-refractivity contribution in [2.75, 3.05) is 0 Å². The van der Waals surface area contributed by atoms with E-state index in [0.717, 1.165) is 0 Å². The van der Waals surface area contributed by atoms with Gasteiger partial charge in [-0.15, -0.1) is 0 Å². The first-order chi connectivity index (χ1) is 34.3. The van der Waals surface area contributed by atoms with Crippen LogP contribution in [0.15, 0.2) is 30.6 Å². The second-order valence-corrected chi connectivity index (χ2v) is 24.2. The number of aromatic nitrogens is 1. The minimum atomic E-state index is -6.02. The van der Waals surface area contributed by atoms with Gasteiger partial charge in [-0.25, -0.2) is 41.3 Å². The van der Waals surface area contributed by atoms with Gasteiger partial charge in [0, 0.05) is 18.6 Å². The number of hydrogen-bond donors (Lipinski definition) is 19. The Kier molecular flexibility index (Phi) is 35.4. The first-order valence-electron chi connectivity index (χ1n) is 21.8. The molecule has 0 aromatic carbocycles. The molecule has 0 amide bonds. The average Bonchev–Trinajstić information content (AvgIpc) is 3.19. The largest absolute Gasteiger partial charge is 0.481 e. The summed E-state index contributed by atoms with van der Waals surface area (Å²) in [6.07, 6.45) is 3.28. The van der Waals surface area contributed by atoms with Crippen LogP contribution in [-0.2, 0) is 80.0 Å². The number of unbranched alkanes of at least 4 members (excludes halogenated alkanes) is 13. The third kappa shape index (κ3) is 43.1. The number of aliphatic carboxylic acids is 3. The monoisotopic (exact) mass is 1250 g/mol. The third-order valence-electron chi connectivity index (χ3n) is 9.33. The van der Waals surface area contributed by atoms with E-state index in [0.29, 0.717) is 0 Å². The number of carboxylic acids is 3. The summed E-state index contributed by atoms with van der Waals surface area (Å²) in [6, 6.07) is 6.31. The van der Waals surface area contributed by atoms with Gasteiger partial charge in [0.25, 0.3) is 0 Å². The molecule has 0 atom stereocenters. The zero-order valence-electron chi connectivity index (χ0n) is 40.0. The van der Waals surface area contributed by atoms with E-state index in [4.69, 9.17) is 98.4 Å². The van der Waals surface area contributed by atoms with Crippen molar-refractivity contribution < 1.29 is 172 Å². The molecule has 0 unspecified atom stereocenters. The Labute approximate surface area is 432 Å². The van der Waals surface area contributed by atoms with Crippen molar-refractivity contribution in [1.29, 1.82) is 0 Å². The molecule has 76 heavy (non-hydrogen) atoms. The molecule has 2 rings (SSSR count). The molecule has 0 bridgehead atoms. The lowest BCUT2D eigenvalue weighted by Crippen LogP contribution is -2.66. The number of rotatable bonds is 32. The molecule has 1 aliphatic carbocycles. The maximum atomic E-state index is 11.4. The van der Waals surface area contributed by atoms with E-state index in [1.807, 2.05) is 0 Å². The van der Waals surface area contributed by atoms with Crippen molar-refractivity contribution in [1.82, 2.24) is 0 Å². The third-order valence-corrected chi connectivity index (χ3v) is 12.4. The van der Waals surface area contributed by atoms with E-state index >= 15 is 0 Å². The van der Waals surface area contributed by atoms with Crippen LogP contribution in [0.4, 0.5) is 0 Å². The van der Waals surface area contributed by atoms with Crippen LogP contribution in [0.25, 0.3) is 0 Å². The Morgan fingerprint density at radius 3 is 0.803 bits per heavy atom. The van der Waals surface area contributed by atoms with Crippen LogP contribution < -0.4 is 4.57 Å². The number of carbonyl (C=O) groups is 3. The van der Waals surface area contributed by atoms with E-state index in [2.05, 4.69) is 69.2 Å². The predicted molar refractivity (Wildman–Crippen MR) is 250 cm³/mol. The molecule has 0 saturated heterocycles. The number of hydrogen-bond acceptors (Lipinski definition) is 17. The lowest BCUT2D eigenvalue weighted by molar-refractivity contribution is -0.697. The number of phosphoric acid groups is 7. The standard InChI is InChI=1S/C21H38N.C6H18O24P6.C6H8O7.H3O4P/c1-2-3-4-5-6-7-8-9-10-11-12-13-14-16-19-22-20-17-15-18-21-22;7-31(8,9)25-1-2(26-32(10,11)12)4(28-34(16,17)18)6(30-36(22,23)24)5(29-35(19,20)21)3(1)27-33(13,14)15;7-3(8)1-6(13,5(11)12)2-4(9)10;1-5(2,3)4/h15,17-18,20-21H,2-14,16,19H2,1H3;1-6H,(H2,7,8,9)(H2,10,11,12)(H2,13,14,15)(H2,16,17,18)(H2,19,20,21)(H2,22,23,24);13H,1-2H2,(H,7,8)(H,9,10)(H,11,12);(H3,1,2,3,4)/q+1;;;. The van der Waals surface area contributed by atoms with Gasteiger partial charge in [0.2, 0.25) is 0 Å². The van der Waals surface area contributed by atoms with Crippen molar-refractivity contribution in [2.24, 2.45) is 0 Å². The van der Waals surface area contributed by atoms with E-state index < -0.39 is 128 Å². The van der Waals surface area contributed by atoms with Gasteiger partial charge in [-0.3, -0.25) is 36.7 Å². The minimum Gasteiger partial charge on any atom is -0.481 e. The van der Waals surface area contributed by atoms with E-state index in [9.17, 15) is 41.8 Å². The summed E-state index contributed by atoms with van der Waals surface area (Å²) < 4.78 is 104. The molecule has 43 heteroatoms. The van der Waals surface area contributed by atoms with Crippen LogP contribution in [0.1, 0.15) is 110 Å². The quantitative estimate of drug-likeness (QED) is 0.0273. The summed E-state index contributed by atoms with van der Waals surface area (Å²) in [7, 11) is -40.7. The van der Waals surface area contributed by atoms with Gasteiger partial charge in [0.05, 0.1) is 12.8 Å². The molecule has 448 valence electrons. The van der Waals surface area contributed by atoms with Crippen LogP contribution in [0.3, 0.4) is 0 Å². The fourth-order valence-electron chi connectivity index (χ4n) is 6.58. The van der Waals surface area contributed by atoms with Gasteiger partial charge in [0.1, 0.15) is 43.2 Å². The Balaban J connectivity index is 0. The van der Waals surface area contributed by atoms with Crippen LogP contribution >= 0.6 is 54.8 Å². The summed E-state index contributed by atoms with van der Waals surface area (Å²) in [5, 5.41) is 33.8. The molecule has 0 spiro atoms. The van der Waals surface area contributed by atoms with Crippen LogP contribution in [0.2, 0.25) is 0 Å². The molecule has 1 aromatic heterocycles. The van der Waals surface area contributed by atoms with E-state index in [-0.39, 0.29) is 0 Å². The summed E-state index contributed by atoms with van der Waals surface area (Å²) in [5.41, 5.74) is -2.74. The topological polar surface area (TPSA) is 614 Å². The molecule has 1 aromatic rings. The summed E-state index contributed by atoms with van der Waals surface area (Å²) in [6.45, 7) is 3.47. The number of carboxylic acid groups (broad SMARTS) is 3. The number of aryl methyl sites for hydroxylation is 1. The maximum absolute atomic E-state index is 11.4. The second-order valence-electron chi connectivity index (χ2n) is 16.1. The lowest BCUT2D eigenvalue weighted by Gasteiger charge is -2.48. The highest BCUT2D eigenvalue weighted by Gasteiger charge is 2.62. The molecule has 1 fully saturated rings. The predicted octanol–water partition coefficient (Wildman–Crippen LogP) is 1.15. The Bertz CT molecular complexity index is 1960. The van der Waals surface area contributed by atoms with E-state index in [1.54, 1.807) is 0 Å². The maximum Gasteiger partial charge on any atom is 0.470 e. The van der Waals surface area contributed by atoms with Crippen LogP contribution in [-0.4, -0.2) is 154 Å². The number of aliphatic hydroxyl groups is 1. The SMILES string of the molecule is CCCCCCCCCCCCCCCC[n+]1ccccc1.O=C(O)CC(O)(CC(=O)O)C(=O)O.O=P(O)(O)O.O=P(O)(O)OC1C(OP(=O)(O)O)C(OP(=O)(O)O)C(OP(=O)(O)O)C(OP(=O)(O)O)C1OP(=O)(O)O. The van der Waals surface area contributed by atoms with Gasteiger partial charge in [-0.05, 0) is 6.42 Å². The molecular weight excluding hydrogens is 1190 g/mol. The molecular formula is C33H67NO35P7+. The van der Waals surface area contributed by atoms with Gasteiger partial charge in [0.15, 0.2) is 18.0 Å². The van der Waals surface area contributed by atoms with Crippen molar-refractivity contribution in [3.8, 4) is 0 Å². The molecule has 0 aliphatic heterocycles. The summed E-state index contributed by atoms with van der Waals surface area (Å²) in [4.78, 5) is 162. The van der Waals surface area contributed by atoms with Gasteiger partial charge in [-0.2, -0.15) is 0 Å². The second kappa shape index (κ2) is 35.2. The smallest absolute Gasteiger partial charge is 0.470 e. The molecule has 1 aliphatic rings. The van der Waals surface area contributed by atoms with Gasteiger partial charge >= 0.3 is 72.7 Å². The molecule has 0 radical (unpaired) electrons. The first kappa shape index (κ1) is 76.4. The summed E-state index contributed by atoms with van der Waals surface area (Å²) in [5.74, 6) is -5.02. The molecule has 1 heterocycles. The highest BCUT2D eigenvalue weighted by atomic mass is 31.2. The molecule has 19 N–H and O–H groups in total. The fourth-order valence-corrected chi connectivity index (χ4v) is 9.92. The van der Waals surface area contributed by atoms with E-state index in [1.165, 1.54) is 96.4 Å². The zero-order valence-corrected chi connectivity index (χ0v) is 46.2. The fraction of sp³-hybridized carbons (Fsp3) is 0.758. The van der Waals surface area contributed by atoms with Crippen LogP contribution in [0, 0.1) is 0 Å². The molecule has 36 nitrogen and oxygen atoms in total. The highest BCUT2D eigenvalue weighted by Crippen LogP contribution is 2.57. The normalized spacial score (nSPS) is 19.7. The van der Waals surface area contributed by atoms with Crippen molar-refractivity contribution in [2.45, 2.75) is 158 Å². The van der Waals surface area contributed by atoms with Crippen molar-refractivity contribution in [3.63, 3.8) is 0 Å². The Morgan fingerprint density at radius 1 is 0.408 bits per heavy atom. The minimum absolute atomic E-state index is 1.14. The van der Waals surface area contributed by atoms with Crippen molar-refractivity contribution in [3.05, 3.63) is 30.6 Å². The van der Waals surface area contributed by atoms with Gasteiger partial charge < -0.3 is 93.8 Å². The number of nitrogens with zero attached hydrogens (tertiary/aromatic N) is 1. The van der Waals surface area contributed by atoms with Crippen molar-refractivity contribution >= 4 is 72.7 Å².